The van der Waals surface area contributed by atoms with E-state index < -0.39 is 187 Å². The number of nitrogens with two attached hydrogens (primary N) is 4. The second-order valence-electron chi connectivity index (χ2n) is 17.3. The van der Waals surface area contributed by atoms with Crippen LogP contribution in [0.25, 0.3) is 0 Å². The van der Waals surface area contributed by atoms with Crippen molar-refractivity contribution in [3.05, 3.63) is 29.8 Å². The average molecular weight is 1070 g/mol. The van der Waals surface area contributed by atoms with Gasteiger partial charge in [0.25, 0.3) is 0 Å². The smallest absolute Gasteiger partial charge is 0.328 e. The van der Waals surface area contributed by atoms with Crippen LogP contribution < -0.4 is 70.8 Å². The lowest BCUT2D eigenvalue weighted by molar-refractivity contribution is -0.145. The lowest BCUT2D eigenvalue weighted by Gasteiger charge is -2.27. The van der Waals surface area contributed by atoms with Crippen LogP contribution in [0, 0.1) is 5.92 Å². The van der Waals surface area contributed by atoms with Gasteiger partial charge in [0.05, 0.1) is 37.6 Å². The highest BCUT2D eigenvalue weighted by atomic mass is 32.1. The number of carboxylic acids is 1. The highest BCUT2D eigenvalue weighted by molar-refractivity contribution is 7.80. The van der Waals surface area contributed by atoms with Gasteiger partial charge in [0.2, 0.25) is 70.9 Å². The van der Waals surface area contributed by atoms with Crippen molar-refractivity contribution in [1.29, 1.82) is 0 Å². The maximum Gasteiger partial charge on any atom is 0.328 e. The molecule has 1 rings (SSSR count). The second kappa shape index (κ2) is 31.1. The van der Waals surface area contributed by atoms with E-state index >= 15 is 0 Å². The monoisotopic (exact) mass is 1070 g/mol. The minimum atomic E-state index is -1.84. The zero-order valence-electron chi connectivity index (χ0n) is 41.0. The predicted octanol–water partition coefficient (Wildman–Crippen LogP) is -8.28. The number of hydrogen-bond acceptors (Lipinski definition) is 18. The molecule has 0 heterocycles. The molecule has 0 spiro atoms. The third-order valence-electron chi connectivity index (χ3n) is 10.5. The number of aromatic hydroxyl groups is 1. The molecule has 0 unspecified atom stereocenters. The number of aliphatic hydroxyl groups excluding tert-OH is 2. The minimum Gasteiger partial charge on any atom is -0.508 e. The number of benzene rings is 1. The van der Waals surface area contributed by atoms with E-state index in [9.17, 15) is 82.8 Å². The van der Waals surface area contributed by atoms with Crippen LogP contribution in [-0.2, 0) is 68.7 Å². The van der Waals surface area contributed by atoms with Crippen LogP contribution in [-0.4, -0.2) is 176 Å². The van der Waals surface area contributed by atoms with Gasteiger partial charge in [-0.1, -0.05) is 26.0 Å². The molecule has 0 aliphatic rings. The Labute approximate surface area is 429 Å². The highest BCUT2D eigenvalue weighted by Gasteiger charge is 2.36. The Hall–Kier alpha value is -7.64. The number of carbonyl (C=O) groups excluding carboxylic acids is 12. The SMILES string of the molecule is CC(C)[C@H](NC(=O)[C@H](Cc1ccc(O)cc1)NC(=O)[C@@H](N)CC(N)=O)C(=O)N[C@@H](CC(N)=O)C(=O)NCC(=O)N[C@H](C(=O)N[C@@H](CS)C(=O)N[C@@H](CCC(N)=O)C(=O)N[C@@H](C)C(=O)N[C@H](C(=O)O)[C@@H](C)O)[C@@H](C)O. The number of phenolic OH excluding ortho intramolecular Hbond substituents is 1. The summed E-state index contributed by atoms with van der Waals surface area (Å²) < 4.78 is 0. The molecule has 1 aromatic rings. The molecule has 30 nitrogen and oxygen atoms in total. The number of phenols is 1. The molecule has 0 aromatic heterocycles. The first kappa shape index (κ1) is 64.4. The summed E-state index contributed by atoms with van der Waals surface area (Å²) in [5, 5.41) is 59.3. The molecule has 412 valence electrons. The summed E-state index contributed by atoms with van der Waals surface area (Å²) in [6.45, 7) is 5.38. The number of hydrogen-bond donors (Lipinski definition) is 18. The van der Waals surface area contributed by atoms with E-state index in [0.717, 1.165) is 20.8 Å². The van der Waals surface area contributed by atoms with Crippen molar-refractivity contribution in [2.24, 2.45) is 28.9 Å². The van der Waals surface area contributed by atoms with Crippen molar-refractivity contribution in [2.75, 3.05) is 12.3 Å². The number of carboxylic acid groups (broad SMARTS) is 1. The number of carbonyl (C=O) groups is 13. The Morgan fingerprint density at radius 3 is 1.53 bits per heavy atom. The van der Waals surface area contributed by atoms with Gasteiger partial charge in [-0.05, 0) is 50.8 Å². The van der Waals surface area contributed by atoms with E-state index in [1.807, 2.05) is 5.32 Å². The summed E-state index contributed by atoms with van der Waals surface area (Å²) in [5.41, 5.74) is 21.9. The molecule has 21 N–H and O–H groups in total. The largest absolute Gasteiger partial charge is 0.508 e. The topological polar surface area (TPSA) is 515 Å². The van der Waals surface area contributed by atoms with E-state index in [0.29, 0.717) is 5.56 Å². The first-order valence-electron chi connectivity index (χ1n) is 22.7. The van der Waals surface area contributed by atoms with E-state index in [1.165, 1.54) is 38.1 Å². The van der Waals surface area contributed by atoms with Crippen molar-refractivity contribution in [3.8, 4) is 5.75 Å². The van der Waals surface area contributed by atoms with Gasteiger partial charge in [0, 0.05) is 18.6 Å². The molecule has 0 saturated carbocycles. The van der Waals surface area contributed by atoms with Crippen LogP contribution in [0.2, 0.25) is 0 Å². The fourth-order valence-electron chi connectivity index (χ4n) is 6.38. The van der Waals surface area contributed by atoms with Crippen molar-refractivity contribution in [3.63, 3.8) is 0 Å². The van der Waals surface area contributed by atoms with Crippen LogP contribution in [0.15, 0.2) is 24.3 Å². The lowest BCUT2D eigenvalue weighted by atomic mass is 10.00. The molecular weight excluding hydrogens is 1000 g/mol. The summed E-state index contributed by atoms with van der Waals surface area (Å²) in [6.07, 6.45) is -5.71. The molecule has 0 aliphatic carbocycles. The lowest BCUT2D eigenvalue weighted by Crippen LogP contribution is -2.61. The van der Waals surface area contributed by atoms with E-state index in [1.54, 1.807) is 0 Å². The molecular formula is C43H67N13O17S. The molecule has 0 saturated heterocycles. The van der Waals surface area contributed by atoms with Crippen LogP contribution in [0.4, 0.5) is 0 Å². The van der Waals surface area contributed by atoms with Gasteiger partial charge in [-0.3, -0.25) is 57.5 Å². The van der Waals surface area contributed by atoms with Crippen molar-refractivity contribution < 1.29 is 82.8 Å². The Morgan fingerprint density at radius 1 is 0.541 bits per heavy atom. The molecule has 1 aromatic carbocycles. The molecule has 0 bridgehead atoms. The van der Waals surface area contributed by atoms with Gasteiger partial charge in [-0.15, -0.1) is 0 Å². The molecule has 11 atom stereocenters. The molecule has 74 heavy (non-hydrogen) atoms. The second-order valence-corrected chi connectivity index (χ2v) is 17.6. The maximum atomic E-state index is 13.7. The summed E-state index contributed by atoms with van der Waals surface area (Å²) >= 11 is 4.05. The van der Waals surface area contributed by atoms with Crippen LogP contribution in [0.3, 0.4) is 0 Å². The van der Waals surface area contributed by atoms with Gasteiger partial charge in [-0.25, -0.2) is 4.79 Å². The van der Waals surface area contributed by atoms with Crippen LogP contribution in [0.1, 0.15) is 65.9 Å². The number of rotatable bonds is 32. The summed E-state index contributed by atoms with van der Waals surface area (Å²) in [5.74, 6) is -15.4. The minimum absolute atomic E-state index is 0.100. The Morgan fingerprint density at radius 2 is 1.03 bits per heavy atom. The van der Waals surface area contributed by atoms with Crippen LogP contribution >= 0.6 is 12.6 Å². The fraction of sp³-hybridized carbons (Fsp3) is 0.558. The van der Waals surface area contributed by atoms with Gasteiger partial charge >= 0.3 is 5.97 Å². The summed E-state index contributed by atoms with van der Waals surface area (Å²) in [4.78, 5) is 165. The zero-order valence-corrected chi connectivity index (χ0v) is 41.9. The molecule has 31 heteroatoms. The van der Waals surface area contributed by atoms with E-state index in [4.69, 9.17) is 22.9 Å². The first-order valence-corrected chi connectivity index (χ1v) is 23.3. The number of primary amides is 3. The van der Waals surface area contributed by atoms with Gasteiger partial charge < -0.3 is 91.2 Å². The molecule has 0 radical (unpaired) electrons. The Balaban J connectivity index is 3.15. The van der Waals surface area contributed by atoms with Crippen molar-refractivity contribution >= 4 is 89.5 Å². The maximum absolute atomic E-state index is 13.7. The number of nitrogens with one attached hydrogen (secondary N) is 9. The third kappa shape index (κ3) is 22.8. The normalized spacial score (nSPS) is 15.4. The molecule has 0 fully saturated rings. The van der Waals surface area contributed by atoms with Gasteiger partial charge in [0.15, 0.2) is 6.04 Å². The van der Waals surface area contributed by atoms with Crippen molar-refractivity contribution in [1.82, 2.24) is 47.9 Å². The number of aliphatic hydroxyl groups is 2. The highest BCUT2D eigenvalue weighted by Crippen LogP contribution is 2.13. The van der Waals surface area contributed by atoms with Gasteiger partial charge in [0.1, 0.15) is 48.0 Å². The summed E-state index contributed by atoms with van der Waals surface area (Å²) in [6, 6.07) is -8.81. The summed E-state index contributed by atoms with van der Waals surface area (Å²) in [7, 11) is 0. The van der Waals surface area contributed by atoms with Gasteiger partial charge in [-0.2, -0.15) is 12.6 Å². The third-order valence-corrected chi connectivity index (χ3v) is 10.8. The number of amides is 12. The van der Waals surface area contributed by atoms with Crippen molar-refractivity contribution in [2.45, 2.75) is 133 Å². The average Bonchev–Trinajstić information content (AvgIpc) is 3.30. The Bertz CT molecular complexity index is 2220. The molecule has 12 amide bonds. The Kier molecular flexibility index (Phi) is 27.0. The van der Waals surface area contributed by atoms with E-state index in [-0.39, 0.29) is 12.2 Å². The number of aliphatic carboxylic acids is 1. The quantitative estimate of drug-likeness (QED) is 0.0298. The zero-order chi connectivity index (χ0) is 56.7. The first-order chi connectivity index (χ1) is 34.4. The van der Waals surface area contributed by atoms with Crippen LogP contribution in [0.5, 0.6) is 5.75 Å². The number of thiol groups is 1. The van der Waals surface area contributed by atoms with E-state index in [2.05, 4.69) is 55.2 Å². The fourth-order valence-corrected chi connectivity index (χ4v) is 6.63. The predicted molar refractivity (Wildman–Crippen MR) is 260 cm³/mol. The molecule has 0 aliphatic heterocycles. The standard InChI is InChI=1S/C43H67N13O17S/c1-17(2)32(55-39(68)25(12-21-6-8-22(59)9-7-21)51-36(65)23(44)13-29(46)61)41(70)52-26(14-30(47)62)37(66)48-15-31(63)54-33(19(4)57)42(71)53-27(16-74)40(69)50-24(10-11-28(45)60)38(67)49-18(3)35(64)56-34(20(5)58)43(72)73/h6-9,17-20,23-27,32-34,57-59,74H,10-16,44H2,1-5H3,(H2,45,60)(H2,46,61)(H2,47,62)(H,48,66)(H,49,67)(H,50,69)(H,51,65)(H,52,70)(H,53,71)(H,54,63)(H,55,68)(H,56,64)(H,72,73)/t18-,19+,20+,23-,24-,25-,26-,27-,32-,33-,34-/m0/s1.